The summed E-state index contributed by atoms with van der Waals surface area (Å²) in [4.78, 5) is 11.9. The molecule has 0 fully saturated rings. The van der Waals surface area contributed by atoms with Crippen molar-refractivity contribution in [3.8, 4) is 0 Å². The lowest BCUT2D eigenvalue weighted by Crippen LogP contribution is -2.24. The fourth-order valence-corrected chi connectivity index (χ4v) is 1.68. The predicted octanol–water partition coefficient (Wildman–Crippen LogP) is 1.54. The molecule has 0 atom stereocenters. The Labute approximate surface area is 105 Å². The zero-order valence-corrected chi connectivity index (χ0v) is 10.4. The van der Waals surface area contributed by atoms with Crippen LogP contribution >= 0.6 is 0 Å². The van der Waals surface area contributed by atoms with Crippen LogP contribution in [0.4, 0.5) is 5.69 Å². The summed E-state index contributed by atoms with van der Waals surface area (Å²) in [6.07, 6.45) is 0. The van der Waals surface area contributed by atoms with E-state index in [-0.39, 0.29) is 11.6 Å². The van der Waals surface area contributed by atoms with Gasteiger partial charge in [0.25, 0.3) is 5.91 Å². The molecule has 5 nitrogen and oxygen atoms in total. The molecule has 1 heterocycles. The number of hydrogen-bond acceptors (Lipinski definition) is 3. The van der Waals surface area contributed by atoms with Gasteiger partial charge in [-0.1, -0.05) is 24.3 Å². The number of rotatable bonds is 3. The number of nitrogens with zero attached hydrogens (tertiary/aromatic N) is 1. The minimum absolute atomic E-state index is 0.251. The largest absolute Gasteiger partial charge is 0.395 e. The molecule has 5 heteroatoms. The van der Waals surface area contributed by atoms with Crippen LogP contribution < -0.4 is 11.1 Å². The quantitative estimate of drug-likeness (QED) is 0.765. The van der Waals surface area contributed by atoms with Crippen LogP contribution in [0, 0.1) is 13.8 Å². The first-order chi connectivity index (χ1) is 8.59. The maximum Gasteiger partial charge on any atom is 0.274 e. The molecule has 0 saturated carbocycles. The molecular formula is C13H16N4O. The van der Waals surface area contributed by atoms with E-state index in [1.54, 1.807) is 6.92 Å². The SMILES string of the molecule is Cc1ccccc1CNC(=O)c1n[nH]c(C)c1N. The van der Waals surface area contributed by atoms with Gasteiger partial charge in [0.15, 0.2) is 5.69 Å². The minimum atomic E-state index is -0.264. The van der Waals surface area contributed by atoms with Crippen molar-refractivity contribution >= 4 is 11.6 Å². The number of amides is 1. The Morgan fingerprint density at radius 2 is 2.11 bits per heavy atom. The molecule has 0 bridgehead atoms. The number of aryl methyl sites for hydroxylation is 2. The molecular weight excluding hydrogens is 228 g/mol. The summed E-state index contributed by atoms with van der Waals surface area (Å²) in [5, 5.41) is 9.39. The van der Waals surface area contributed by atoms with E-state index in [9.17, 15) is 4.79 Å². The van der Waals surface area contributed by atoms with E-state index in [0.717, 1.165) is 11.1 Å². The zero-order valence-electron chi connectivity index (χ0n) is 10.4. The summed E-state index contributed by atoms with van der Waals surface area (Å²) in [6, 6.07) is 7.90. The minimum Gasteiger partial charge on any atom is -0.395 e. The Balaban J connectivity index is 2.05. The van der Waals surface area contributed by atoms with E-state index in [2.05, 4.69) is 15.5 Å². The highest BCUT2D eigenvalue weighted by Crippen LogP contribution is 2.12. The number of H-pyrrole nitrogens is 1. The predicted molar refractivity (Wildman–Crippen MR) is 70.1 cm³/mol. The standard InChI is InChI=1S/C13H16N4O/c1-8-5-3-4-6-10(8)7-15-13(18)12-11(14)9(2)16-17-12/h3-6H,7,14H2,1-2H3,(H,15,18)(H,16,17). The van der Waals surface area contributed by atoms with Gasteiger partial charge in [-0.2, -0.15) is 5.10 Å². The molecule has 94 valence electrons. The van der Waals surface area contributed by atoms with E-state index in [4.69, 9.17) is 5.73 Å². The fourth-order valence-electron chi connectivity index (χ4n) is 1.68. The first-order valence-electron chi connectivity index (χ1n) is 5.72. The van der Waals surface area contributed by atoms with Crippen LogP contribution in [0.25, 0.3) is 0 Å². The van der Waals surface area contributed by atoms with Crippen molar-refractivity contribution in [1.82, 2.24) is 15.5 Å². The molecule has 1 aromatic carbocycles. The third-order valence-electron chi connectivity index (χ3n) is 2.91. The molecule has 0 spiro atoms. The van der Waals surface area contributed by atoms with Gasteiger partial charge in [-0.15, -0.1) is 0 Å². The lowest BCUT2D eigenvalue weighted by molar-refractivity contribution is 0.0946. The van der Waals surface area contributed by atoms with Gasteiger partial charge in [0.1, 0.15) is 0 Å². The van der Waals surface area contributed by atoms with Gasteiger partial charge in [-0.25, -0.2) is 0 Å². The van der Waals surface area contributed by atoms with E-state index in [0.29, 0.717) is 17.9 Å². The Morgan fingerprint density at radius 3 is 2.72 bits per heavy atom. The van der Waals surface area contributed by atoms with Crippen LogP contribution in [0.2, 0.25) is 0 Å². The van der Waals surface area contributed by atoms with Crippen LogP contribution in [-0.4, -0.2) is 16.1 Å². The number of nitrogen functional groups attached to an aromatic ring is 1. The smallest absolute Gasteiger partial charge is 0.274 e. The molecule has 0 radical (unpaired) electrons. The number of anilines is 1. The van der Waals surface area contributed by atoms with E-state index < -0.39 is 0 Å². The molecule has 2 rings (SSSR count). The molecule has 0 aliphatic carbocycles. The van der Waals surface area contributed by atoms with Gasteiger partial charge in [0.2, 0.25) is 0 Å². The van der Waals surface area contributed by atoms with Crippen LogP contribution in [0.15, 0.2) is 24.3 Å². The molecule has 0 aliphatic rings. The number of nitrogens with one attached hydrogen (secondary N) is 2. The normalized spacial score (nSPS) is 10.3. The molecule has 1 aromatic heterocycles. The highest BCUT2D eigenvalue weighted by atomic mass is 16.1. The zero-order chi connectivity index (χ0) is 13.1. The van der Waals surface area contributed by atoms with Crippen molar-refractivity contribution in [3.63, 3.8) is 0 Å². The number of carbonyl (C=O) groups excluding carboxylic acids is 1. The first-order valence-corrected chi connectivity index (χ1v) is 5.72. The van der Waals surface area contributed by atoms with Gasteiger partial charge in [-0.3, -0.25) is 9.89 Å². The third-order valence-corrected chi connectivity index (χ3v) is 2.91. The summed E-state index contributed by atoms with van der Waals surface area (Å²) < 4.78 is 0. The van der Waals surface area contributed by atoms with Gasteiger partial charge in [0, 0.05) is 6.54 Å². The number of benzene rings is 1. The average Bonchev–Trinajstić information content (AvgIpc) is 2.69. The second kappa shape index (κ2) is 4.91. The summed E-state index contributed by atoms with van der Waals surface area (Å²) in [6.45, 7) is 4.26. The van der Waals surface area contributed by atoms with E-state index in [1.165, 1.54) is 0 Å². The molecule has 18 heavy (non-hydrogen) atoms. The first kappa shape index (κ1) is 12.2. The van der Waals surface area contributed by atoms with Gasteiger partial charge in [-0.05, 0) is 25.0 Å². The number of aromatic nitrogens is 2. The molecule has 2 aromatic rings. The monoisotopic (exact) mass is 244 g/mol. The lowest BCUT2D eigenvalue weighted by Gasteiger charge is -2.06. The molecule has 0 saturated heterocycles. The van der Waals surface area contributed by atoms with E-state index in [1.807, 2.05) is 31.2 Å². The number of carbonyl (C=O) groups is 1. The van der Waals surface area contributed by atoms with Gasteiger partial charge in [0.05, 0.1) is 11.4 Å². The van der Waals surface area contributed by atoms with Crippen molar-refractivity contribution in [1.29, 1.82) is 0 Å². The van der Waals surface area contributed by atoms with Crippen LogP contribution in [0.1, 0.15) is 27.3 Å². The van der Waals surface area contributed by atoms with Crippen molar-refractivity contribution in [2.45, 2.75) is 20.4 Å². The molecule has 1 amide bonds. The fraction of sp³-hybridized carbons (Fsp3) is 0.231. The van der Waals surface area contributed by atoms with Crippen molar-refractivity contribution in [3.05, 3.63) is 46.8 Å². The van der Waals surface area contributed by atoms with Gasteiger partial charge >= 0.3 is 0 Å². The molecule has 0 unspecified atom stereocenters. The summed E-state index contributed by atoms with van der Waals surface area (Å²) in [5.41, 5.74) is 9.33. The van der Waals surface area contributed by atoms with Crippen molar-refractivity contribution in [2.75, 3.05) is 5.73 Å². The van der Waals surface area contributed by atoms with Crippen LogP contribution in [0.5, 0.6) is 0 Å². The number of nitrogens with two attached hydrogens (primary N) is 1. The Morgan fingerprint density at radius 1 is 1.39 bits per heavy atom. The Hall–Kier alpha value is -2.30. The number of hydrogen-bond donors (Lipinski definition) is 3. The average molecular weight is 244 g/mol. The summed E-state index contributed by atoms with van der Waals surface area (Å²) in [5.74, 6) is -0.264. The summed E-state index contributed by atoms with van der Waals surface area (Å²) in [7, 11) is 0. The number of aromatic amines is 1. The summed E-state index contributed by atoms with van der Waals surface area (Å²) >= 11 is 0. The second-order valence-electron chi connectivity index (χ2n) is 4.22. The van der Waals surface area contributed by atoms with Crippen LogP contribution in [0.3, 0.4) is 0 Å². The maximum atomic E-state index is 11.9. The van der Waals surface area contributed by atoms with Crippen molar-refractivity contribution in [2.24, 2.45) is 0 Å². The molecule has 4 N–H and O–H groups in total. The Bertz CT molecular complexity index is 574. The van der Waals surface area contributed by atoms with Gasteiger partial charge < -0.3 is 11.1 Å². The third kappa shape index (κ3) is 2.34. The van der Waals surface area contributed by atoms with Crippen LogP contribution in [-0.2, 0) is 6.54 Å². The lowest BCUT2D eigenvalue weighted by atomic mass is 10.1. The second-order valence-corrected chi connectivity index (χ2v) is 4.22. The topological polar surface area (TPSA) is 83.8 Å². The maximum absolute atomic E-state index is 11.9. The highest BCUT2D eigenvalue weighted by molar-refractivity contribution is 5.97. The molecule has 0 aliphatic heterocycles. The highest BCUT2D eigenvalue weighted by Gasteiger charge is 2.14. The van der Waals surface area contributed by atoms with E-state index >= 15 is 0 Å². The van der Waals surface area contributed by atoms with Crippen molar-refractivity contribution < 1.29 is 4.79 Å². The Kier molecular flexibility index (Phi) is 3.32.